The fourth-order valence-corrected chi connectivity index (χ4v) is 4.35. The third-order valence-electron chi connectivity index (χ3n) is 4.35. The molecule has 12 heteroatoms. The van der Waals surface area contributed by atoms with Gasteiger partial charge in [-0.15, -0.1) is 0 Å². The molecule has 0 spiro atoms. The second-order valence-electron chi connectivity index (χ2n) is 7.54. The van der Waals surface area contributed by atoms with Crippen LogP contribution in [0.5, 0.6) is 0 Å². The Morgan fingerprint density at radius 3 is 2.29 bits per heavy atom. The van der Waals surface area contributed by atoms with Crippen LogP contribution in [-0.4, -0.2) is 78.7 Å². The van der Waals surface area contributed by atoms with Crippen molar-refractivity contribution in [1.29, 1.82) is 0 Å². The maximum Gasteiger partial charge on any atom is 0.243 e. The first-order valence-corrected chi connectivity index (χ1v) is 13.8. The van der Waals surface area contributed by atoms with E-state index in [-0.39, 0.29) is 11.5 Å². The van der Waals surface area contributed by atoms with E-state index < -0.39 is 27.1 Å². The molecule has 0 atom stereocenters. The SMILES string of the molecule is CS(O)(O)CC(=O)Nc1ccc(-c2nc(CS(C)(O)O)cc(N3CCOCC3)n2)cc1. The van der Waals surface area contributed by atoms with Crippen LogP contribution < -0.4 is 10.2 Å². The minimum Gasteiger partial charge on any atom is -0.378 e. The van der Waals surface area contributed by atoms with E-state index >= 15 is 0 Å². The van der Waals surface area contributed by atoms with Crippen molar-refractivity contribution in [1.82, 2.24) is 9.97 Å². The number of amides is 1. The molecule has 0 saturated carbocycles. The summed E-state index contributed by atoms with van der Waals surface area (Å²) in [5.41, 5.74) is 1.73. The van der Waals surface area contributed by atoms with Gasteiger partial charge in [0.1, 0.15) is 11.6 Å². The maximum absolute atomic E-state index is 11.9. The third kappa shape index (κ3) is 7.61. The van der Waals surface area contributed by atoms with Crippen molar-refractivity contribution in [3.63, 3.8) is 0 Å². The molecule has 3 rings (SSSR count). The lowest BCUT2D eigenvalue weighted by atomic mass is 10.2. The van der Waals surface area contributed by atoms with Crippen LogP contribution in [0.3, 0.4) is 0 Å². The molecule has 10 nitrogen and oxygen atoms in total. The molecule has 31 heavy (non-hydrogen) atoms. The molecular weight excluding hydrogens is 444 g/mol. The topological polar surface area (TPSA) is 148 Å². The van der Waals surface area contributed by atoms with E-state index in [0.717, 1.165) is 0 Å². The molecule has 0 radical (unpaired) electrons. The van der Waals surface area contributed by atoms with Gasteiger partial charge in [-0.1, -0.05) is 0 Å². The number of aromatic nitrogens is 2. The van der Waals surface area contributed by atoms with Gasteiger partial charge in [0.15, 0.2) is 5.82 Å². The number of carbonyl (C=O) groups excluding carboxylic acids is 1. The molecule has 1 aliphatic rings. The minimum atomic E-state index is -2.91. The Morgan fingerprint density at radius 2 is 1.71 bits per heavy atom. The number of rotatable bonds is 7. The molecule has 2 heterocycles. The zero-order chi connectivity index (χ0) is 22.6. The van der Waals surface area contributed by atoms with Crippen molar-refractivity contribution in [3.05, 3.63) is 36.0 Å². The Bertz CT molecular complexity index is 909. The second kappa shape index (κ2) is 9.69. The number of hydrogen-bond acceptors (Lipinski definition) is 9. The van der Waals surface area contributed by atoms with Crippen LogP contribution in [0.2, 0.25) is 0 Å². The van der Waals surface area contributed by atoms with Crippen molar-refractivity contribution in [2.24, 2.45) is 0 Å². The lowest BCUT2D eigenvalue weighted by molar-refractivity contribution is -0.114. The first-order chi connectivity index (χ1) is 14.5. The number of anilines is 2. The van der Waals surface area contributed by atoms with Gasteiger partial charge in [0.05, 0.1) is 24.7 Å². The van der Waals surface area contributed by atoms with Crippen molar-refractivity contribution in [2.45, 2.75) is 5.75 Å². The van der Waals surface area contributed by atoms with E-state index in [0.29, 0.717) is 54.9 Å². The van der Waals surface area contributed by atoms with Crippen LogP contribution in [0, 0.1) is 0 Å². The molecule has 1 saturated heterocycles. The van der Waals surface area contributed by atoms with Gasteiger partial charge >= 0.3 is 0 Å². The first kappa shape index (κ1) is 23.7. The Balaban J connectivity index is 1.84. The standard InChI is InChI=1S/C19H28N4O6S2/c1-30(25,26)12-16-11-17(23-7-9-29-10-8-23)22-19(21-16)14-3-5-15(6-4-14)20-18(24)13-31(2,27)28/h3-6,11,25-28H,7-10,12-13H2,1-2H3,(H,20,24). The summed E-state index contributed by atoms with van der Waals surface area (Å²) in [5.74, 6) is 0.293. The molecule has 1 aliphatic heterocycles. The fourth-order valence-electron chi connectivity index (χ4n) is 3.07. The number of carbonyl (C=O) groups is 1. The summed E-state index contributed by atoms with van der Waals surface area (Å²) in [7, 11) is -5.69. The number of morpholine rings is 1. The Morgan fingerprint density at radius 1 is 1.06 bits per heavy atom. The minimum absolute atomic E-state index is 0.0252. The van der Waals surface area contributed by atoms with Gasteiger partial charge in [0.25, 0.3) is 0 Å². The zero-order valence-corrected chi connectivity index (χ0v) is 19.0. The van der Waals surface area contributed by atoms with Gasteiger partial charge in [-0.25, -0.2) is 9.97 Å². The van der Waals surface area contributed by atoms with Crippen molar-refractivity contribution in [3.8, 4) is 11.4 Å². The molecule has 1 amide bonds. The average Bonchev–Trinajstić information content (AvgIpc) is 2.66. The summed E-state index contributed by atoms with van der Waals surface area (Å²) in [4.78, 5) is 23.1. The van der Waals surface area contributed by atoms with Gasteiger partial charge in [-0.3, -0.25) is 23.0 Å². The van der Waals surface area contributed by atoms with Crippen molar-refractivity contribution in [2.75, 3.05) is 54.8 Å². The second-order valence-corrected chi connectivity index (χ2v) is 12.1. The van der Waals surface area contributed by atoms with Crippen LogP contribution >= 0.6 is 21.2 Å². The van der Waals surface area contributed by atoms with E-state index in [1.54, 1.807) is 30.3 Å². The molecule has 2 aromatic rings. The lowest BCUT2D eigenvalue weighted by Gasteiger charge is -2.30. The number of ether oxygens (including phenoxy) is 1. The number of hydrogen-bond donors (Lipinski definition) is 5. The Hall–Kier alpha value is -1.93. The number of nitrogens with one attached hydrogen (secondary N) is 1. The van der Waals surface area contributed by atoms with Crippen LogP contribution in [-0.2, 0) is 15.3 Å². The predicted molar refractivity (Wildman–Crippen MR) is 125 cm³/mol. The van der Waals surface area contributed by atoms with Crippen molar-refractivity contribution >= 4 is 38.6 Å². The van der Waals surface area contributed by atoms with Crippen LogP contribution in [0.25, 0.3) is 11.4 Å². The summed E-state index contributed by atoms with van der Waals surface area (Å²) in [6.45, 7) is 2.54. The Labute approximate surface area is 184 Å². The fraction of sp³-hybridized carbons (Fsp3) is 0.421. The highest BCUT2D eigenvalue weighted by Crippen LogP contribution is 2.38. The maximum atomic E-state index is 11.9. The molecule has 5 N–H and O–H groups in total. The van der Waals surface area contributed by atoms with Crippen LogP contribution in [0.4, 0.5) is 11.5 Å². The van der Waals surface area contributed by atoms with Crippen LogP contribution in [0.1, 0.15) is 5.69 Å². The molecule has 1 aromatic carbocycles. The van der Waals surface area contributed by atoms with Crippen molar-refractivity contribution < 1.29 is 27.7 Å². The van der Waals surface area contributed by atoms with Gasteiger partial charge < -0.3 is 15.0 Å². The Kier molecular flexibility index (Phi) is 7.42. The van der Waals surface area contributed by atoms with Gasteiger partial charge in [-0.05, 0) is 24.3 Å². The summed E-state index contributed by atoms with van der Waals surface area (Å²) in [6, 6.07) is 8.60. The molecule has 1 aromatic heterocycles. The van der Waals surface area contributed by atoms with Crippen LogP contribution in [0.15, 0.2) is 30.3 Å². The van der Waals surface area contributed by atoms with E-state index in [2.05, 4.69) is 20.2 Å². The average molecular weight is 473 g/mol. The molecule has 0 aliphatic carbocycles. The summed E-state index contributed by atoms with van der Waals surface area (Å²) < 4.78 is 44.0. The summed E-state index contributed by atoms with van der Waals surface area (Å²) >= 11 is 0. The highest BCUT2D eigenvalue weighted by Gasteiger charge is 2.18. The van der Waals surface area contributed by atoms with E-state index in [9.17, 15) is 23.0 Å². The molecule has 0 unspecified atom stereocenters. The van der Waals surface area contributed by atoms with Gasteiger partial charge in [0.2, 0.25) is 5.91 Å². The number of nitrogens with zero attached hydrogens (tertiary/aromatic N) is 3. The molecule has 172 valence electrons. The third-order valence-corrected chi connectivity index (χ3v) is 6.01. The zero-order valence-electron chi connectivity index (χ0n) is 17.4. The smallest absolute Gasteiger partial charge is 0.243 e. The highest BCUT2D eigenvalue weighted by atomic mass is 32.3. The van der Waals surface area contributed by atoms with E-state index in [1.165, 1.54) is 12.5 Å². The lowest BCUT2D eigenvalue weighted by Crippen LogP contribution is -2.37. The number of benzene rings is 1. The summed E-state index contributed by atoms with van der Waals surface area (Å²) in [6.07, 6.45) is 2.60. The largest absolute Gasteiger partial charge is 0.378 e. The molecular formula is C19H28N4O6S2. The monoisotopic (exact) mass is 472 g/mol. The predicted octanol–water partition coefficient (Wildman–Crippen LogP) is 3.18. The van der Waals surface area contributed by atoms with Gasteiger partial charge in [-0.2, -0.15) is 21.2 Å². The highest BCUT2D eigenvalue weighted by molar-refractivity contribution is 8.24. The van der Waals surface area contributed by atoms with Gasteiger partial charge in [0, 0.05) is 42.9 Å². The normalized spacial score (nSPS) is 16.1. The quantitative estimate of drug-likeness (QED) is 0.409. The first-order valence-electron chi connectivity index (χ1n) is 9.51. The summed E-state index contributed by atoms with van der Waals surface area (Å²) in [5, 5.41) is 2.62. The van der Waals surface area contributed by atoms with E-state index in [4.69, 9.17) is 4.74 Å². The molecule has 0 bridgehead atoms. The molecule has 1 fully saturated rings. The van der Waals surface area contributed by atoms with E-state index in [1.807, 2.05) is 0 Å².